The third kappa shape index (κ3) is 2.32. The van der Waals surface area contributed by atoms with Gasteiger partial charge in [-0.1, -0.05) is 11.6 Å². The zero-order valence-electron chi connectivity index (χ0n) is 6.95. The second-order valence-electron chi connectivity index (χ2n) is 2.68. The molecule has 0 amide bonds. The van der Waals surface area contributed by atoms with Crippen LogP contribution in [0.2, 0.25) is 5.02 Å². The predicted octanol–water partition coefficient (Wildman–Crippen LogP) is 0.666. The van der Waals surface area contributed by atoms with Gasteiger partial charge in [0, 0.05) is 13.2 Å². The Morgan fingerprint density at radius 1 is 1.69 bits per heavy atom. The summed E-state index contributed by atoms with van der Waals surface area (Å²) in [7, 11) is 1.53. The van der Waals surface area contributed by atoms with Crippen LogP contribution >= 0.6 is 11.6 Å². The minimum Gasteiger partial charge on any atom is -0.481 e. The van der Waals surface area contributed by atoms with Crippen LogP contribution in [0.1, 0.15) is 5.56 Å². The highest BCUT2D eigenvalue weighted by Crippen LogP contribution is 2.05. The fraction of sp³-hybridized carbons (Fsp3) is 0.250. The Balaban J connectivity index is 3.13. The summed E-state index contributed by atoms with van der Waals surface area (Å²) in [6.07, 6.45) is 1.33. The number of carbonyl (C=O) groups is 1. The Morgan fingerprint density at radius 2 is 2.31 bits per heavy atom. The van der Waals surface area contributed by atoms with Gasteiger partial charge in [0.05, 0.1) is 6.42 Å². The molecule has 70 valence electrons. The van der Waals surface area contributed by atoms with E-state index in [4.69, 9.17) is 16.7 Å². The number of halogens is 1. The summed E-state index contributed by atoms with van der Waals surface area (Å²) in [4.78, 5) is 21.4. The molecule has 4 nitrogen and oxygen atoms in total. The number of rotatable bonds is 2. The minimum atomic E-state index is -0.949. The van der Waals surface area contributed by atoms with E-state index in [-0.39, 0.29) is 17.0 Å². The SMILES string of the molecule is Cn1cc(CC(=O)O)cc(Cl)c1=O. The highest BCUT2D eigenvalue weighted by Gasteiger charge is 2.05. The van der Waals surface area contributed by atoms with Gasteiger partial charge in [-0.2, -0.15) is 0 Å². The van der Waals surface area contributed by atoms with Gasteiger partial charge in [-0.25, -0.2) is 0 Å². The molecular formula is C8H8ClNO3. The van der Waals surface area contributed by atoms with Gasteiger partial charge >= 0.3 is 5.97 Å². The molecular weight excluding hydrogens is 194 g/mol. The average molecular weight is 202 g/mol. The molecule has 0 fully saturated rings. The molecule has 0 aromatic carbocycles. The molecule has 0 bridgehead atoms. The van der Waals surface area contributed by atoms with Crippen molar-refractivity contribution in [1.29, 1.82) is 0 Å². The lowest BCUT2D eigenvalue weighted by molar-refractivity contribution is -0.136. The highest BCUT2D eigenvalue weighted by molar-refractivity contribution is 6.30. The molecule has 0 radical (unpaired) electrons. The number of hydrogen-bond donors (Lipinski definition) is 1. The van der Waals surface area contributed by atoms with Gasteiger partial charge in [0.15, 0.2) is 0 Å². The van der Waals surface area contributed by atoms with Crippen molar-refractivity contribution in [2.75, 3.05) is 0 Å². The smallest absolute Gasteiger partial charge is 0.307 e. The van der Waals surface area contributed by atoms with E-state index < -0.39 is 5.97 Å². The fourth-order valence-corrected chi connectivity index (χ4v) is 1.28. The lowest BCUT2D eigenvalue weighted by Crippen LogP contribution is -2.17. The summed E-state index contributed by atoms with van der Waals surface area (Å²) >= 11 is 5.58. The van der Waals surface area contributed by atoms with Crippen LogP contribution in [-0.2, 0) is 18.3 Å². The molecule has 0 aliphatic carbocycles. The molecule has 1 rings (SSSR count). The minimum absolute atomic E-state index is 0.0428. The Labute approximate surface area is 79.4 Å². The summed E-state index contributed by atoms with van der Waals surface area (Å²) in [6.45, 7) is 0. The Hall–Kier alpha value is -1.29. The van der Waals surface area contributed by atoms with Gasteiger partial charge in [-0.3, -0.25) is 9.59 Å². The van der Waals surface area contributed by atoms with E-state index in [0.29, 0.717) is 5.56 Å². The Morgan fingerprint density at radius 3 is 2.77 bits per heavy atom. The molecule has 0 aliphatic heterocycles. The van der Waals surface area contributed by atoms with E-state index in [1.807, 2.05) is 0 Å². The van der Waals surface area contributed by atoms with E-state index in [2.05, 4.69) is 0 Å². The van der Waals surface area contributed by atoms with E-state index in [9.17, 15) is 9.59 Å². The van der Waals surface area contributed by atoms with E-state index in [0.717, 1.165) is 0 Å². The Bertz CT molecular complexity index is 371. The van der Waals surface area contributed by atoms with Gasteiger partial charge in [0.1, 0.15) is 5.02 Å². The third-order valence-corrected chi connectivity index (χ3v) is 1.82. The summed E-state index contributed by atoms with van der Waals surface area (Å²) in [5.41, 5.74) is 0.190. The van der Waals surface area contributed by atoms with Crippen molar-refractivity contribution in [1.82, 2.24) is 4.57 Å². The van der Waals surface area contributed by atoms with Gasteiger partial charge < -0.3 is 9.67 Å². The molecule has 1 aromatic heterocycles. The van der Waals surface area contributed by atoms with Gasteiger partial charge in [0.25, 0.3) is 5.56 Å². The van der Waals surface area contributed by atoms with Crippen LogP contribution in [0.4, 0.5) is 0 Å². The maximum Gasteiger partial charge on any atom is 0.307 e. The second-order valence-corrected chi connectivity index (χ2v) is 3.09. The van der Waals surface area contributed by atoms with E-state index >= 15 is 0 Å². The van der Waals surface area contributed by atoms with Gasteiger partial charge in [-0.05, 0) is 11.6 Å². The molecule has 0 unspecified atom stereocenters. The average Bonchev–Trinajstić information content (AvgIpc) is 1.98. The first-order chi connectivity index (χ1) is 6.00. The molecule has 0 saturated heterocycles. The summed E-state index contributed by atoms with van der Waals surface area (Å²) in [5.74, 6) is -0.949. The zero-order chi connectivity index (χ0) is 10.0. The molecule has 1 heterocycles. The van der Waals surface area contributed by atoms with E-state index in [1.165, 1.54) is 23.9 Å². The van der Waals surface area contributed by atoms with Gasteiger partial charge in [-0.15, -0.1) is 0 Å². The van der Waals surface area contributed by atoms with Crippen LogP contribution in [-0.4, -0.2) is 15.6 Å². The van der Waals surface area contributed by atoms with Crippen molar-refractivity contribution in [2.24, 2.45) is 7.05 Å². The number of carboxylic acids is 1. The fourth-order valence-electron chi connectivity index (χ4n) is 1.01. The van der Waals surface area contributed by atoms with Crippen molar-refractivity contribution in [3.8, 4) is 0 Å². The first-order valence-corrected chi connectivity index (χ1v) is 3.95. The van der Waals surface area contributed by atoms with Crippen LogP contribution in [0.5, 0.6) is 0 Å². The number of hydrogen-bond acceptors (Lipinski definition) is 2. The zero-order valence-corrected chi connectivity index (χ0v) is 7.71. The second kappa shape index (κ2) is 3.62. The maximum atomic E-state index is 11.1. The lowest BCUT2D eigenvalue weighted by Gasteiger charge is -2.01. The van der Waals surface area contributed by atoms with Crippen molar-refractivity contribution in [2.45, 2.75) is 6.42 Å². The largest absolute Gasteiger partial charge is 0.481 e. The molecule has 1 aromatic rings. The van der Waals surface area contributed by atoms with Gasteiger partial charge in [0.2, 0.25) is 0 Å². The highest BCUT2D eigenvalue weighted by atomic mass is 35.5. The van der Waals surface area contributed by atoms with Crippen molar-refractivity contribution in [3.63, 3.8) is 0 Å². The number of carboxylic acid groups (broad SMARTS) is 1. The molecule has 0 aliphatic rings. The number of aromatic nitrogens is 1. The number of nitrogens with zero attached hydrogens (tertiary/aromatic N) is 1. The van der Waals surface area contributed by atoms with Crippen molar-refractivity contribution >= 4 is 17.6 Å². The molecule has 0 spiro atoms. The Kier molecular flexibility index (Phi) is 2.72. The normalized spacial score (nSPS) is 10.0. The standard InChI is InChI=1S/C8H8ClNO3/c1-10-4-5(3-7(11)12)2-6(9)8(10)13/h2,4H,3H2,1H3,(H,11,12). The van der Waals surface area contributed by atoms with Crippen LogP contribution < -0.4 is 5.56 Å². The lowest BCUT2D eigenvalue weighted by atomic mass is 10.2. The maximum absolute atomic E-state index is 11.1. The first-order valence-electron chi connectivity index (χ1n) is 3.57. The molecule has 5 heteroatoms. The van der Waals surface area contributed by atoms with E-state index in [1.54, 1.807) is 0 Å². The number of aryl methyl sites for hydroxylation is 1. The summed E-state index contributed by atoms with van der Waals surface area (Å²) in [6, 6.07) is 1.37. The topological polar surface area (TPSA) is 59.3 Å². The first kappa shape index (κ1) is 9.80. The van der Waals surface area contributed by atoms with Crippen LogP contribution in [0.3, 0.4) is 0 Å². The quantitative estimate of drug-likeness (QED) is 0.765. The van der Waals surface area contributed by atoms with Crippen LogP contribution in [0.25, 0.3) is 0 Å². The van der Waals surface area contributed by atoms with Crippen molar-refractivity contribution in [3.05, 3.63) is 33.2 Å². The molecule has 13 heavy (non-hydrogen) atoms. The van der Waals surface area contributed by atoms with Crippen LogP contribution in [0, 0.1) is 0 Å². The third-order valence-electron chi connectivity index (χ3n) is 1.55. The monoisotopic (exact) mass is 201 g/mol. The van der Waals surface area contributed by atoms with Crippen LogP contribution in [0.15, 0.2) is 17.1 Å². The molecule has 0 saturated carbocycles. The number of aliphatic carboxylic acids is 1. The summed E-state index contributed by atoms with van der Waals surface area (Å²) < 4.78 is 1.26. The predicted molar refractivity (Wildman–Crippen MR) is 48.0 cm³/mol. The molecule has 1 N–H and O–H groups in total. The molecule has 0 atom stereocenters. The summed E-state index contributed by atoms with van der Waals surface area (Å²) in [5, 5.41) is 8.53. The number of pyridine rings is 1. The van der Waals surface area contributed by atoms with Crippen molar-refractivity contribution < 1.29 is 9.90 Å².